The summed E-state index contributed by atoms with van der Waals surface area (Å²) in [6, 6.07) is 6.82. The van der Waals surface area contributed by atoms with Gasteiger partial charge in [-0.15, -0.1) is 0 Å². The van der Waals surface area contributed by atoms with Crippen molar-refractivity contribution in [1.82, 2.24) is 14.0 Å². The summed E-state index contributed by atoms with van der Waals surface area (Å²) >= 11 is 0. The Kier molecular flexibility index (Phi) is 3.79. The highest BCUT2D eigenvalue weighted by Gasteiger charge is 2.35. The minimum Gasteiger partial charge on any atom is -0.494 e. The predicted octanol–water partition coefficient (Wildman–Crippen LogP) is 0.284. The molecule has 0 aliphatic carbocycles. The highest BCUT2D eigenvalue weighted by Crippen LogP contribution is 2.36. The van der Waals surface area contributed by atoms with Gasteiger partial charge in [-0.05, 0) is 17.5 Å². The number of rotatable bonds is 1. The number of carbonyl (C=O) groups excluding carboxylic acids is 1. The quantitative estimate of drug-likeness (QED) is 0.815. The third-order valence-corrected chi connectivity index (χ3v) is 4.63. The van der Waals surface area contributed by atoms with E-state index in [2.05, 4.69) is 0 Å². The van der Waals surface area contributed by atoms with Crippen molar-refractivity contribution in [3.05, 3.63) is 61.8 Å². The maximum atomic E-state index is 12.7. The summed E-state index contributed by atoms with van der Waals surface area (Å²) in [6.07, 6.45) is 0.680. The number of amides is 1. The lowest BCUT2D eigenvalue weighted by Crippen LogP contribution is -2.45. The molecular weight excluding hydrogens is 310 g/mol. The van der Waals surface area contributed by atoms with E-state index in [9.17, 15) is 19.5 Å². The van der Waals surface area contributed by atoms with E-state index in [1.54, 1.807) is 4.90 Å². The number of aromatic nitrogens is 2. The van der Waals surface area contributed by atoms with Crippen LogP contribution in [0.25, 0.3) is 0 Å². The smallest absolute Gasteiger partial charge is 0.333 e. The van der Waals surface area contributed by atoms with Gasteiger partial charge < -0.3 is 10.0 Å². The number of nitrogens with zero attached hydrogens (tertiary/aromatic N) is 3. The number of carbonyl (C=O) groups is 1. The van der Waals surface area contributed by atoms with E-state index in [-0.39, 0.29) is 11.5 Å². The molecule has 1 amide bonds. The summed E-state index contributed by atoms with van der Waals surface area (Å²) in [5.74, 6) is -0.596. The summed E-state index contributed by atoms with van der Waals surface area (Å²) in [5.41, 5.74) is 0.658. The molecular formula is C17H19N3O4. The van der Waals surface area contributed by atoms with Gasteiger partial charge in [0.2, 0.25) is 11.8 Å². The van der Waals surface area contributed by atoms with Crippen molar-refractivity contribution in [3.8, 4) is 5.88 Å². The SMILES string of the molecule is CC(=O)N1CCc2ccccc2[C@H]1c1c(O)n(C)c(=O)n(C)c1=O. The van der Waals surface area contributed by atoms with Gasteiger partial charge in [0.15, 0.2) is 0 Å². The van der Waals surface area contributed by atoms with Crippen LogP contribution < -0.4 is 11.2 Å². The second kappa shape index (κ2) is 5.67. The van der Waals surface area contributed by atoms with Gasteiger partial charge >= 0.3 is 5.69 Å². The molecule has 24 heavy (non-hydrogen) atoms. The van der Waals surface area contributed by atoms with Gasteiger partial charge in [0.1, 0.15) is 5.56 Å². The average molecular weight is 329 g/mol. The number of benzene rings is 1. The lowest BCUT2D eigenvalue weighted by atomic mass is 9.88. The van der Waals surface area contributed by atoms with Crippen LogP contribution in [0.5, 0.6) is 5.88 Å². The lowest BCUT2D eigenvalue weighted by molar-refractivity contribution is -0.130. The van der Waals surface area contributed by atoms with Crippen LogP contribution in [-0.4, -0.2) is 31.6 Å². The maximum absolute atomic E-state index is 12.7. The first-order valence-electron chi connectivity index (χ1n) is 7.68. The molecule has 126 valence electrons. The maximum Gasteiger partial charge on any atom is 0.333 e. The second-order valence-corrected chi connectivity index (χ2v) is 6.01. The van der Waals surface area contributed by atoms with E-state index in [4.69, 9.17) is 0 Å². The van der Waals surface area contributed by atoms with Gasteiger partial charge in [-0.3, -0.25) is 18.7 Å². The summed E-state index contributed by atoms with van der Waals surface area (Å²) in [7, 11) is 2.76. The van der Waals surface area contributed by atoms with Gasteiger partial charge in [-0.25, -0.2) is 4.79 Å². The summed E-state index contributed by atoms with van der Waals surface area (Å²) in [4.78, 5) is 38.4. The van der Waals surface area contributed by atoms with Gasteiger partial charge in [0.05, 0.1) is 6.04 Å². The summed E-state index contributed by atoms with van der Waals surface area (Å²) < 4.78 is 1.97. The summed E-state index contributed by atoms with van der Waals surface area (Å²) in [5, 5.41) is 10.5. The number of hydrogen-bond acceptors (Lipinski definition) is 4. The molecule has 0 saturated carbocycles. The van der Waals surface area contributed by atoms with E-state index >= 15 is 0 Å². The topological polar surface area (TPSA) is 84.5 Å². The standard InChI is InChI=1S/C17H19N3O4/c1-10(21)20-9-8-11-6-4-5-7-12(11)14(20)13-15(22)18(2)17(24)19(3)16(13)23/h4-7,14,22H,8-9H2,1-3H3/t14-/m0/s1. The van der Waals surface area contributed by atoms with Crippen molar-refractivity contribution in [2.24, 2.45) is 14.1 Å². The zero-order valence-corrected chi connectivity index (χ0v) is 13.8. The van der Waals surface area contributed by atoms with Crippen molar-refractivity contribution >= 4 is 5.91 Å². The van der Waals surface area contributed by atoms with Gasteiger partial charge in [0, 0.05) is 27.6 Å². The molecule has 1 aromatic carbocycles. The Morgan fingerprint density at radius 2 is 1.83 bits per heavy atom. The molecule has 0 saturated heterocycles. The largest absolute Gasteiger partial charge is 0.494 e. The van der Waals surface area contributed by atoms with Gasteiger partial charge in [0.25, 0.3) is 5.56 Å². The second-order valence-electron chi connectivity index (χ2n) is 6.01. The molecule has 1 N–H and O–H groups in total. The highest BCUT2D eigenvalue weighted by molar-refractivity contribution is 5.75. The Morgan fingerprint density at radius 3 is 2.50 bits per heavy atom. The number of hydrogen-bond donors (Lipinski definition) is 1. The van der Waals surface area contributed by atoms with Crippen LogP contribution in [0.1, 0.15) is 29.7 Å². The third kappa shape index (κ3) is 2.24. The van der Waals surface area contributed by atoms with Crippen LogP contribution >= 0.6 is 0 Å². The molecule has 0 unspecified atom stereocenters. The molecule has 2 aromatic rings. The Hall–Kier alpha value is -2.83. The van der Waals surface area contributed by atoms with Crippen molar-refractivity contribution in [3.63, 3.8) is 0 Å². The first-order chi connectivity index (χ1) is 11.3. The minimum atomic E-state index is -0.710. The molecule has 2 heterocycles. The van der Waals surface area contributed by atoms with Crippen LogP contribution in [0.3, 0.4) is 0 Å². The molecule has 0 radical (unpaired) electrons. The first kappa shape index (κ1) is 16.0. The molecule has 1 aliphatic heterocycles. The van der Waals surface area contributed by atoms with Gasteiger partial charge in [-0.1, -0.05) is 24.3 Å². The van der Waals surface area contributed by atoms with Crippen LogP contribution in [0, 0.1) is 0 Å². The third-order valence-electron chi connectivity index (χ3n) is 4.63. The Bertz CT molecular complexity index is 942. The van der Waals surface area contributed by atoms with E-state index in [0.29, 0.717) is 13.0 Å². The van der Waals surface area contributed by atoms with Crippen LogP contribution in [-0.2, 0) is 25.3 Å². The average Bonchev–Trinajstić information content (AvgIpc) is 2.58. The number of fused-ring (bicyclic) bond motifs is 1. The van der Waals surface area contributed by atoms with E-state index in [1.807, 2.05) is 24.3 Å². The fourth-order valence-corrected chi connectivity index (χ4v) is 3.32. The van der Waals surface area contributed by atoms with Gasteiger partial charge in [-0.2, -0.15) is 0 Å². The van der Waals surface area contributed by atoms with Crippen LogP contribution in [0.15, 0.2) is 33.9 Å². The zero-order chi connectivity index (χ0) is 17.6. The van der Waals surface area contributed by atoms with Crippen molar-refractivity contribution in [1.29, 1.82) is 0 Å². The predicted molar refractivity (Wildman–Crippen MR) is 88.0 cm³/mol. The fourth-order valence-electron chi connectivity index (χ4n) is 3.32. The van der Waals surface area contributed by atoms with Crippen molar-refractivity contribution < 1.29 is 9.90 Å². The monoisotopic (exact) mass is 329 g/mol. The molecule has 0 fully saturated rings. The van der Waals surface area contributed by atoms with Crippen molar-refractivity contribution in [2.75, 3.05) is 6.54 Å². The highest BCUT2D eigenvalue weighted by atomic mass is 16.3. The molecule has 0 bridgehead atoms. The molecule has 7 nitrogen and oxygen atoms in total. The molecule has 7 heteroatoms. The Morgan fingerprint density at radius 1 is 1.17 bits per heavy atom. The Balaban J connectivity index is 2.36. The first-order valence-corrected chi connectivity index (χ1v) is 7.68. The molecule has 0 spiro atoms. The molecule has 1 atom stereocenters. The minimum absolute atomic E-state index is 0.0435. The normalized spacial score (nSPS) is 16.8. The molecule has 1 aliphatic rings. The van der Waals surface area contributed by atoms with Crippen LogP contribution in [0.2, 0.25) is 0 Å². The lowest BCUT2D eigenvalue weighted by Gasteiger charge is -2.37. The summed E-state index contributed by atoms with van der Waals surface area (Å²) in [6.45, 7) is 1.88. The molecule has 1 aromatic heterocycles. The van der Waals surface area contributed by atoms with Crippen LogP contribution in [0.4, 0.5) is 0 Å². The fraction of sp³-hybridized carbons (Fsp3) is 0.353. The van der Waals surface area contributed by atoms with E-state index < -0.39 is 23.2 Å². The molecule has 3 rings (SSSR count). The Labute approximate surface area is 138 Å². The van der Waals surface area contributed by atoms with E-state index in [1.165, 1.54) is 21.0 Å². The number of aromatic hydroxyl groups is 1. The van der Waals surface area contributed by atoms with Crippen molar-refractivity contribution in [2.45, 2.75) is 19.4 Å². The zero-order valence-electron chi connectivity index (χ0n) is 13.8. The van der Waals surface area contributed by atoms with E-state index in [0.717, 1.165) is 20.3 Å².